The summed E-state index contributed by atoms with van der Waals surface area (Å²) in [7, 11) is 0. The van der Waals surface area contributed by atoms with Crippen molar-refractivity contribution >= 4 is 11.6 Å². The molecule has 0 amide bonds. The Labute approximate surface area is 126 Å². The van der Waals surface area contributed by atoms with Gasteiger partial charge in [0, 0.05) is 11.3 Å². The van der Waals surface area contributed by atoms with Crippen molar-refractivity contribution in [3.8, 4) is 11.3 Å². The van der Waals surface area contributed by atoms with Crippen LogP contribution in [0.25, 0.3) is 11.3 Å². The standard InChI is InChI=1S/C16H15ClF3N/c1-3-14(17)13-8-9-15(21-10(13)2)11-4-6-12(7-5-11)16(18,19)20/h4-9,14H,3H2,1-2H3. The predicted molar refractivity (Wildman–Crippen MR) is 78.3 cm³/mol. The van der Waals surface area contributed by atoms with E-state index in [0.717, 1.165) is 29.8 Å². The quantitative estimate of drug-likeness (QED) is 0.656. The van der Waals surface area contributed by atoms with Crippen LogP contribution in [-0.2, 0) is 6.18 Å². The maximum absolute atomic E-state index is 12.5. The summed E-state index contributed by atoms with van der Waals surface area (Å²) in [6.45, 7) is 3.84. The molecule has 0 fully saturated rings. The van der Waals surface area contributed by atoms with E-state index in [1.54, 1.807) is 6.07 Å². The van der Waals surface area contributed by atoms with Crippen molar-refractivity contribution in [1.29, 1.82) is 0 Å². The molecular weight excluding hydrogens is 299 g/mol. The first kappa shape index (κ1) is 15.8. The summed E-state index contributed by atoms with van der Waals surface area (Å²) in [4.78, 5) is 4.44. The van der Waals surface area contributed by atoms with Crippen LogP contribution in [0.2, 0.25) is 0 Å². The summed E-state index contributed by atoms with van der Waals surface area (Å²) in [5, 5.41) is -0.0980. The molecule has 2 aromatic rings. The van der Waals surface area contributed by atoms with E-state index in [1.807, 2.05) is 19.9 Å². The molecule has 1 nitrogen and oxygen atoms in total. The first-order chi connectivity index (χ1) is 9.82. The van der Waals surface area contributed by atoms with Crippen molar-refractivity contribution in [2.24, 2.45) is 0 Å². The Balaban J connectivity index is 2.33. The zero-order chi connectivity index (χ0) is 15.6. The van der Waals surface area contributed by atoms with Crippen LogP contribution in [-0.4, -0.2) is 4.98 Å². The van der Waals surface area contributed by atoms with Gasteiger partial charge in [-0.05, 0) is 37.1 Å². The number of alkyl halides is 4. The highest BCUT2D eigenvalue weighted by Gasteiger charge is 2.30. The lowest BCUT2D eigenvalue weighted by molar-refractivity contribution is -0.137. The SMILES string of the molecule is CCC(Cl)c1ccc(-c2ccc(C(F)(F)F)cc2)nc1C. The molecule has 0 saturated heterocycles. The molecule has 1 heterocycles. The molecule has 112 valence electrons. The van der Waals surface area contributed by atoms with Crippen LogP contribution in [0.15, 0.2) is 36.4 Å². The lowest BCUT2D eigenvalue weighted by Crippen LogP contribution is -2.04. The Morgan fingerprint density at radius 3 is 2.19 bits per heavy atom. The van der Waals surface area contributed by atoms with Gasteiger partial charge in [0.15, 0.2) is 0 Å². The number of halogens is 4. The molecule has 0 radical (unpaired) electrons. The number of aryl methyl sites for hydroxylation is 1. The Hall–Kier alpha value is -1.55. The summed E-state index contributed by atoms with van der Waals surface area (Å²) in [5.74, 6) is 0. The third kappa shape index (κ3) is 3.56. The molecule has 1 aromatic heterocycles. The molecule has 0 bridgehead atoms. The smallest absolute Gasteiger partial charge is 0.253 e. The topological polar surface area (TPSA) is 12.9 Å². The van der Waals surface area contributed by atoms with Crippen LogP contribution in [0.5, 0.6) is 0 Å². The molecule has 0 N–H and O–H groups in total. The summed E-state index contributed by atoms with van der Waals surface area (Å²) in [6, 6.07) is 8.67. The molecule has 1 atom stereocenters. The molecule has 2 rings (SSSR count). The van der Waals surface area contributed by atoms with Crippen molar-refractivity contribution in [3.63, 3.8) is 0 Å². The van der Waals surface area contributed by atoms with E-state index >= 15 is 0 Å². The van der Waals surface area contributed by atoms with E-state index < -0.39 is 11.7 Å². The van der Waals surface area contributed by atoms with Gasteiger partial charge in [-0.1, -0.05) is 25.1 Å². The van der Waals surface area contributed by atoms with Gasteiger partial charge in [0.2, 0.25) is 0 Å². The number of rotatable bonds is 3. The van der Waals surface area contributed by atoms with Crippen LogP contribution in [0.1, 0.15) is 35.5 Å². The molecule has 1 unspecified atom stereocenters. The van der Waals surface area contributed by atoms with Crippen LogP contribution in [0.4, 0.5) is 13.2 Å². The van der Waals surface area contributed by atoms with E-state index in [9.17, 15) is 13.2 Å². The number of hydrogen-bond donors (Lipinski definition) is 0. The minimum absolute atomic E-state index is 0.0980. The van der Waals surface area contributed by atoms with Crippen molar-refractivity contribution in [1.82, 2.24) is 4.98 Å². The third-order valence-electron chi connectivity index (χ3n) is 3.33. The van der Waals surface area contributed by atoms with Crippen molar-refractivity contribution in [2.75, 3.05) is 0 Å². The van der Waals surface area contributed by atoms with Gasteiger partial charge in [0.1, 0.15) is 0 Å². The maximum Gasteiger partial charge on any atom is 0.416 e. The Bertz CT molecular complexity index is 620. The van der Waals surface area contributed by atoms with Gasteiger partial charge < -0.3 is 0 Å². The van der Waals surface area contributed by atoms with E-state index in [0.29, 0.717) is 11.3 Å². The number of nitrogens with zero attached hydrogens (tertiary/aromatic N) is 1. The molecule has 0 saturated carbocycles. The first-order valence-corrected chi connectivity index (χ1v) is 7.05. The second kappa shape index (κ2) is 6.06. The van der Waals surface area contributed by atoms with Crippen LogP contribution >= 0.6 is 11.6 Å². The zero-order valence-electron chi connectivity index (χ0n) is 11.7. The summed E-state index contributed by atoms with van der Waals surface area (Å²) in [5.41, 5.74) is 2.39. The molecular formula is C16H15ClF3N. The van der Waals surface area contributed by atoms with Crippen LogP contribution in [0, 0.1) is 6.92 Å². The lowest BCUT2D eigenvalue weighted by Gasteiger charge is -2.12. The summed E-state index contributed by atoms with van der Waals surface area (Å²) in [6.07, 6.45) is -3.53. The van der Waals surface area contributed by atoms with Crippen LogP contribution < -0.4 is 0 Å². The third-order valence-corrected chi connectivity index (χ3v) is 3.87. The monoisotopic (exact) mass is 313 g/mol. The normalized spacial score (nSPS) is 13.2. The highest BCUT2D eigenvalue weighted by molar-refractivity contribution is 6.20. The number of aromatic nitrogens is 1. The van der Waals surface area contributed by atoms with Crippen LogP contribution in [0.3, 0.4) is 0 Å². The van der Waals surface area contributed by atoms with E-state index in [4.69, 9.17) is 11.6 Å². The Kier molecular flexibility index (Phi) is 4.57. The van der Waals surface area contributed by atoms with Crippen molar-refractivity contribution in [2.45, 2.75) is 31.8 Å². The largest absolute Gasteiger partial charge is 0.416 e. The maximum atomic E-state index is 12.5. The second-order valence-electron chi connectivity index (χ2n) is 4.82. The molecule has 1 aromatic carbocycles. The molecule has 0 aliphatic carbocycles. The number of hydrogen-bond acceptors (Lipinski definition) is 1. The Morgan fingerprint density at radius 2 is 1.71 bits per heavy atom. The minimum Gasteiger partial charge on any atom is -0.253 e. The lowest BCUT2D eigenvalue weighted by atomic mass is 10.0. The highest BCUT2D eigenvalue weighted by atomic mass is 35.5. The van der Waals surface area contributed by atoms with E-state index in [-0.39, 0.29) is 5.38 Å². The highest BCUT2D eigenvalue weighted by Crippen LogP contribution is 2.32. The van der Waals surface area contributed by atoms with Gasteiger partial charge in [-0.3, -0.25) is 4.98 Å². The van der Waals surface area contributed by atoms with Crippen molar-refractivity contribution < 1.29 is 13.2 Å². The average molecular weight is 314 g/mol. The predicted octanol–water partition coefficient (Wildman–Crippen LogP) is 5.77. The molecule has 21 heavy (non-hydrogen) atoms. The first-order valence-electron chi connectivity index (χ1n) is 6.62. The number of pyridine rings is 1. The van der Waals surface area contributed by atoms with E-state index in [1.165, 1.54) is 12.1 Å². The Morgan fingerprint density at radius 1 is 1.10 bits per heavy atom. The van der Waals surface area contributed by atoms with Gasteiger partial charge >= 0.3 is 6.18 Å². The molecule has 5 heteroatoms. The van der Waals surface area contributed by atoms with E-state index in [2.05, 4.69) is 4.98 Å². The van der Waals surface area contributed by atoms with Gasteiger partial charge in [-0.2, -0.15) is 13.2 Å². The van der Waals surface area contributed by atoms with Gasteiger partial charge in [0.05, 0.1) is 16.6 Å². The molecule has 0 aliphatic rings. The minimum atomic E-state index is -4.32. The summed E-state index contributed by atoms with van der Waals surface area (Å²) < 4.78 is 37.6. The zero-order valence-corrected chi connectivity index (χ0v) is 12.5. The van der Waals surface area contributed by atoms with Crippen molar-refractivity contribution in [3.05, 3.63) is 53.2 Å². The fourth-order valence-electron chi connectivity index (χ4n) is 2.11. The number of benzene rings is 1. The molecule has 0 spiro atoms. The fraction of sp³-hybridized carbons (Fsp3) is 0.312. The van der Waals surface area contributed by atoms with Gasteiger partial charge in [-0.25, -0.2) is 0 Å². The fourth-order valence-corrected chi connectivity index (χ4v) is 2.34. The second-order valence-corrected chi connectivity index (χ2v) is 5.35. The summed E-state index contributed by atoms with van der Waals surface area (Å²) >= 11 is 6.20. The molecule has 0 aliphatic heterocycles. The average Bonchev–Trinajstić information content (AvgIpc) is 2.45. The van der Waals surface area contributed by atoms with Gasteiger partial charge in [-0.15, -0.1) is 11.6 Å². The van der Waals surface area contributed by atoms with Gasteiger partial charge in [0.25, 0.3) is 0 Å².